The maximum Gasteiger partial charge on any atom is 0.166 e. The predicted molar refractivity (Wildman–Crippen MR) is 98.4 cm³/mol. The van der Waals surface area contributed by atoms with E-state index < -0.39 is 6.10 Å². The number of halogens is 2. The molecule has 4 rings (SSSR count). The van der Waals surface area contributed by atoms with Gasteiger partial charge in [-0.1, -0.05) is 12.2 Å². The summed E-state index contributed by atoms with van der Waals surface area (Å²) >= 11 is 5.97. The third-order valence-corrected chi connectivity index (χ3v) is 6.52. The Labute approximate surface area is 171 Å². The molecule has 1 aromatic carbocycles. The Balaban J connectivity index is 0.00000196. The zero-order chi connectivity index (χ0) is 17.7. The molecule has 6 heteroatoms. The lowest BCUT2D eigenvalue weighted by Gasteiger charge is -2.37. The summed E-state index contributed by atoms with van der Waals surface area (Å²) in [5, 5.41) is 10.1. The number of quaternary nitrogens is 1. The first-order valence-electron chi connectivity index (χ1n) is 9.15. The second-order valence-electron chi connectivity index (χ2n) is 7.96. The zero-order valence-electron chi connectivity index (χ0n) is 15.4. The van der Waals surface area contributed by atoms with Crippen LogP contribution in [0.25, 0.3) is 0 Å². The predicted octanol–water partition coefficient (Wildman–Crippen LogP) is -0.00200. The number of aliphatic hydroxyl groups excluding tert-OH is 1. The molecule has 144 valence electrons. The Morgan fingerprint density at radius 3 is 2.96 bits per heavy atom. The lowest BCUT2D eigenvalue weighted by atomic mass is 9.69. The molecular weight excluding hydrogens is 418 g/mol. The summed E-state index contributed by atoms with van der Waals surface area (Å²) in [7, 11) is 4.02. The highest BCUT2D eigenvalue weighted by molar-refractivity contribution is 6.17. The van der Waals surface area contributed by atoms with Crippen molar-refractivity contribution in [1.82, 2.24) is 0 Å². The van der Waals surface area contributed by atoms with E-state index in [9.17, 15) is 5.11 Å². The number of rotatable bonds is 4. The van der Waals surface area contributed by atoms with E-state index in [0.29, 0.717) is 12.3 Å². The summed E-state index contributed by atoms with van der Waals surface area (Å²) in [5.41, 5.74) is 2.48. The Bertz CT molecular complexity index is 713. The molecule has 1 aliphatic carbocycles. The van der Waals surface area contributed by atoms with Gasteiger partial charge in [0.1, 0.15) is 12.6 Å². The minimum absolute atomic E-state index is 0. The van der Waals surface area contributed by atoms with Crippen LogP contribution in [0.5, 0.6) is 11.5 Å². The van der Waals surface area contributed by atoms with Gasteiger partial charge in [0.2, 0.25) is 0 Å². The van der Waals surface area contributed by atoms with E-state index >= 15 is 0 Å². The zero-order valence-corrected chi connectivity index (χ0v) is 17.7. The van der Waals surface area contributed by atoms with Crippen molar-refractivity contribution in [3.63, 3.8) is 0 Å². The molecule has 0 saturated carbocycles. The van der Waals surface area contributed by atoms with Gasteiger partial charge in [0.15, 0.2) is 11.5 Å². The van der Waals surface area contributed by atoms with Crippen molar-refractivity contribution in [2.45, 2.75) is 43.4 Å². The maximum absolute atomic E-state index is 10.1. The minimum Gasteiger partial charge on any atom is -1.00 e. The highest BCUT2D eigenvalue weighted by Crippen LogP contribution is 2.56. The number of alkyl halides is 1. The molecule has 2 aliphatic heterocycles. The van der Waals surface area contributed by atoms with Crippen LogP contribution in [0.3, 0.4) is 0 Å². The highest BCUT2D eigenvalue weighted by atomic mass is 79.9. The van der Waals surface area contributed by atoms with Crippen LogP contribution in [0.1, 0.15) is 30.4 Å². The van der Waals surface area contributed by atoms with Gasteiger partial charge in [-0.3, -0.25) is 0 Å². The molecule has 0 saturated heterocycles. The molecule has 3 aliphatic rings. The first-order valence-corrected chi connectivity index (χ1v) is 9.69. The van der Waals surface area contributed by atoms with Crippen LogP contribution in [0.2, 0.25) is 0 Å². The van der Waals surface area contributed by atoms with Crippen molar-refractivity contribution in [2.75, 3.05) is 33.1 Å². The van der Waals surface area contributed by atoms with Gasteiger partial charge in [-0.25, -0.2) is 0 Å². The molecule has 0 bridgehead atoms. The van der Waals surface area contributed by atoms with Gasteiger partial charge in [-0.2, -0.15) is 0 Å². The third kappa shape index (κ3) is 3.07. The first kappa shape index (κ1) is 20.0. The van der Waals surface area contributed by atoms with Crippen LogP contribution in [-0.2, 0) is 12.0 Å². The lowest BCUT2D eigenvalue weighted by molar-refractivity contribution is -0.922. The van der Waals surface area contributed by atoms with E-state index in [0.717, 1.165) is 48.5 Å². The number of ether oxygens (including phenoxy) is 2. The van der Waals surface area contributed by atoms with E-state index in [1.165, 1.54) is 11.1 Å². The summed E-state index contributed by atoms with van der Waals surface area (Å²) in [6.07, 6.45) is 6.39. The van der Waals surface area contributed by atoms with Gasteiger partial charge in [-0.05, 0) is 12.1 Å². The van der Waals surface area contributed by atoms with Gasteiger partial charge in [0.05, 0.1) is 38.8 Å². The van der Waals surface area contributed by atoms with Crippen LogP contribution < -0.4 is 26.5 Å². The minimum atomic E-state index is -0.431. The number of hydrogen-bond donors (Lipinski definition) is 1. The number of hydrogen-bond acceptors (Lipinski definition) is 3. The molecule has 0 amide bonds. The standard InChI is InChI=1S/C20H27ClNO3.BrH/c1-22(10-3-9-21)11-8-20-7-6-15(23)12-17(20)25-19-16(24-2)5-4-14(13-22)18(19)20;/h4-7,15,17,23H,3,8-13H2,1-2H3;1H/q+1;/p-1/t15-,17-,20-,22?;/m0./s1. The van der Waals surface area contributed by atoms with Crippen LogP contribution in [0, 0.1) is 0 Å². The summed E-state index contributed by atoms with van der Waals surface area (Å²) in [6.45, 7) is 3.14. The average Bonchev–Trinajstić information content (AvgIpc) is 2.87. The van der Waals surface area contributed by atoms with Gasteiger partial charge in [-0.15, -0.1) is 11.6 Å². The number of benzene rings is 1. The van der Waals surface area contributed by atoms with Gasteiger partial charge in [0, 0.05) is 36.3 Å². The quantitative estimate of drug-likeness (QED) is 0.404. The van der Waals surface area contributed by atoms with Crippen LogP contribution >= 0.6 is 11.6 Å². The largest absolute Gasteiger partial charge is 1.00 e. The van der Waals surface area contributed by atoms with E-state index in [2.05, 4.69) is 19.2 Å². The molecule has 1 aromatic rings. The molecule has 1 unspecified atom stereocenters. The fraction of sp³-hybridized carbons (Fsp3) is 0.600. The molecule has 26 heavy (non-hydrogen) atoms. The second kappa shape index (κ2) is 7.34. The topological polar surface area (TPSA) is 38.7 Å². The Morgan fingerprint density at radius 2 is 2.23 bits per heavy atom. The van der Waals surface area contributed by atoms with Crippen LogP contribution in [0.4, 0.5) is 0 Å². The SMILES string of the molecule is COc1ccc2c3c1O[C@H]1C[C@@H](O)C=C[C@@]31CC[N+](C)(CCCCl)C2.[Br-]. The molecule has 0 fully saturated rings. The summed E-state index contributed by atoms with van der Waals surface area (Å²) in [6, 6.07) is 4.23. The average molecular weight is 445 g/mol. The molecule has 1 spiro atoms. The summed E-state index contributed by atoms with van der Waals surface area (Å²) in [4.78, 5) is 0. The maximum atomic E-state index is 10.1. The van der Waals surface area contributed by atoms with Gasteiger partial charge >= 0.3 is 0 Å². The fourth-order valence-electron chi connectivity index (χ4n) is 4.91. The van der Waals surface area contributed by atoms with Crippen molar-refractivity contribution >= 4 is 11.6 Å². The van der Waals surface area contributed by atoms with E-state index in [4.69, 9.17) is 21.1 Å². The highest BCUT2D eigenvalue weighted by Gasteiger charge is 2.54. The summed E-state index contributed by atoms with van der Waals surface area (Å²) < 4.78 is 12.9. The molecule has 4 nitrogen and oxygen atoms in total. The normalized spacial score (nSPS) is 34.2. The molecule has 1 N–H and O–H groups in total. The molecule has 0 aromatic heterocycles. The Kier molecular flexibility index (Phi) is 5.65. The fourth-order valence-corrected chi connectivity index (χ4v) is 5.03. The number of methoxy groups -OCH3 is 1. The van der Waals surface area contributed by atoms with Crippen molar-refractivity contribution in [2.24, 2.45) is 0 Å². The molecule has 0 radical (unpaired) electrons. The first-order chi connectivity index (χ1) is 12.0. The smallest absolute Gasteiger partial charge is 0.166 e. The Hall–Kier alpha value is -0.750. The molecular formula is C20H27BrClNO3. The Morgan fingerprint density at radius 1 is 1.42 bits per heavy atom. The van der Waals surface area contributed by atoms with Gasteiger partial charge < -0.3 is 36.0 Å². The van der Waals surface area contributed by atoms with Crippen molar-refractivity contribution in [3.05, 3.63) is 35.4 Å². The lowest BCUT2D eigenvalue weighted by Crippen LogP contribution is -3.00. The van der Waals surface area contributed by atoms with Crippen molar-refractivity contribution in [1.29, 1.82) is 0 Å². The van der Waals surface area contributed by atoms with Crippen LogP contribution in [-0.4, -0.2) is 54.9 Å². The van der Waals surface area contributed by atoms with E-state index in [-0.39, 0.29) is 28.5 Å². The van der Waals surface area contributed by atoms with Crippen LogP contribution in [0.15, 0.2) is 24.3 Å². The molecule has 4 atom stereocenters. The number of aliphatic hydroxyl groups is 1. The van der Waals surface area contributed by atoms with E-state index in [1.807, 2.05) is 12.1 Å². The molecule has 2 heterocycles. The van der Waals surface area contributed by atoms with Crippen molar-refractivity contribution < 1.29 is 36.0 Å². The number of nitrogens with zero attached hydrogens (tertiary/aromatic N) is 1. The summed E-state index contributed by atoms with van der Waals surface area (Å²) in [5.74, 6) is 2.39. The van der Waals surface area contributed by atoms with Crippen molar-refractivity contribution in [3.8, 4) is 11.5 Å². The van der Waals surface area contributed by atoms with Gasteiger partial charge in [0.25, 0.3) is 0 Å². The van der Waals surface area contributed by atoms with E-state index in [1.54, 1.807) is 7.11 Å². The monoisotopic (exact) mass is 443 g/mol. The second-order valence-corrected chi connectivity index (χ2v) is 8.34. The third-order valence-electron chi connectivity index (χ3n) is 6.25.